The largest absolute Gasteiger partial charge is 0.372 e. The Morgan fingerprint density at radius 3 is 3.08 bits per heavy atom. The molecule has 2 amide bonds. The molecule has 0 bridgehead atoms. The molecular formula is C16H20N4O3S. The molecule has 1 unspecified atom stereocenters. The second-order valence-electron chi connectivity index (χ2n) is 5.49. The van der Waals surface area contributed by atoms with Gasteiger partial charge in [0.15, 0.2) is 0 Å². The van der Waals surface area contributed by atoms with E-state index < -0.39 is 6.04 Å². The smallest absolute Gasteiger partial charge is 0.249 e. The fourth-order valence-corrected chi connectivity index (χ4v) is 3.31. The first-order chi connectivity index (χ1) is 11.7. The highest BCUT2D eigenvalue weighted by atomic mass is 32.1. The average Bonchev–Trinajstić information content (AvgIpc) is 3.27. The van der Waals surface area contributed by atoms with Crippen LogP contribution in [0.15, 0.2) is 29.8 Å². The first kappa shape index (κ1) is 16.7. The molecule has 128 valence electrons. The molecular weight excluding hydrogens is 328 g/mol. The van der Waals surface area contributed by atoms with Crippen molar-refractivity contribution in [2.45, 2.75) is 26.1 Å². The quantitative estimate of drug-likeness (QED) is 0.850. The lowest BCUT2D eigenvalue weighted by Gasteiger charge is -2.33. The number of nitrogens with zero attached hydrogens (tertiary/aromatic N) is 3. The van der Waals surface area contributed by atoms with Crippen LogP contribution in [0.25, 0.3) is 0 Å². The van der Waals surface area contributed by atoms with Crippen LogP contribution in [0.5, 0.6) is 0 Å². The lowest BCUT2D eigenvalue weighted by Crippen LogP contribution is -2.47. The molecule has 0 spiro atoms. The number of hydrogen-bond acceptors (Lipinski definition) is 5. The highest BCUT2D eigenvalue weighted by Gasteiger charge is 2.32. The van der Waals surface area contributed by atoms with Crippen LogP contribution in [0.3, 0.4) is 0 Å². The molecule has 24 heavy (non-hydrogen) atoms. The van der Waals surface area contributed by atoms with Gasteiger partial charge in [-0.3, -0.25) is 14.3 Å². The lowest BCUT2D eigenvalue weighted by molar-refractivity contribution is -0.139. The fourth-order valence-electron chi connectivity index (χ4n) is 2.66. The third-order valence-electron chi connectivity index (χ3n) is 3.90. The van der Waals surface area contributed by atoms with Crippen LogP contribution in [-0.4, -0.2) is 46.3 Å². The van der Waals surface area contributed by atoms with Crippen LogP contribution in [0.4, 0.5) is 0 Å². The fraction of sp³-hybridized carbons (Fsp3) is 0.438. The maximum absolute atomic E-state index is 12.6. The lowest BCUT2D eigenvalue weighted by atomic mass is 10.1. The summed E-state index contributed by atoms with van der Waals surface area (Å²) in [6, 6.07) is 5.24. The van der Waals surface area contributed by atoms with Gasteiger partial charge in [-0.1, -0.05) is 6.07 Å². The van der Waals surface area contributed by atoms with E-state index >= 15 is 0 Å². The maximum Gasteiger partial charge on any atom is 0.249 e. The number of thiophene rings is 1. The van der Waals surface area contributed by atoms with Crippen molar-refractivity contribution in [2.24, 2.45) is 0 Å². The van der Waals surface area contributed by atoms with E-state index in [0.717, 1.165) is 10.6 Å². The van der Waals surface area contributed by atoms with Gasteiger partial charge in [0.2, 0.25) is 11.8 Å². The topological polar surface area (TPSA) is 76.5 Å². The number of fused-ring (bicyclic) bond motifs is 1. The Labute approximate surface area is 144 Å². The standard InChI is InChI=1S/C16H20N4O3S/c1-2-23-11-15(21)19-9-12-5-6-18-20(12)14(10-19)16(22)17-8-13-4-3-7-24-13/h3-7,14H,2,8-11H2,1H3,(H,17,22). The molecule has 0 radical (unpaired) electrons. The Kier molecular flexibility index (Phi) is 5.27. The summed E-state index contributed by atoms with van der Waals surface area (Å²) in [6.45, 7) is 3.60. The van der Waals surface area contributed by atoms with Crippen molar-refractivity contribution in [2.75, 3.05) is 19.8 Å². The minimum atomic E-state index is -0.519. The maximum atomic E-state index is 12.6. The summed E-state index contributed by atoms with van der Waals surface area (Å²) < 4.78 is 6.90. The monoisotopic (exact) mass is 348 g/mol. The normalized spacial score (nSPS) is 16.7. The Balaban J connectivity index is 1.69. The van der Waals surface area contributed by atoms with Crippen molar-refractivity contribution in [1.82, 2.24) is 20.0 Å². The SMILES string of the molecule is CCOCC(=O)N1Cc2ccnn2C(C(=O)NCc2cccs2)C1. The summed E-state index contributed by atoms with van der Waals surface area (Å²) >= 11 is 1.60. The van der Waals surface area contributed by atoms with E-state index in [1.165, 1.54) is 0 Å². The molecule has 1 atom stereocenters. The van der Waals surface area contributed by atoms with Gasteiger partial charge in [0, 0.05) is 17.7 Å². The molecule has 1 aliphatic heterocycles. The van der Waals surface area contributed by atoms with Gasteiger partial charge in [-0.15, -0.1) is 11.3 Å². The molecule has 1 aliphatic rings. The zero-order valence-electron chi connectivity index (χ0n) is 13.5. The number of carbonyl (C=O) groups is 2. The highest BCUT2D eigenvalue weighted by molar-refractivity contribution is 7.09. The summed E-state index contributed by atoms with van der Waals surface area (Å²) in [4.78, 5) is 27.6. The Morgan fingerprint density at radius 2 is 2.33 bits per heavy atom. The molecule has 0 saturated carbocycles. The summed E-state index contributed by atoms with van der Waals surface area (Å²) in [5.74, 6) is -0.248. The van der Waals surface area contributed by atoms with Crippen LogP contribution in [0.1, 0.15) is 23.5 Å². The second kappa shape index (κ2) is 7.59. The van der Waals surface area contributed by atoms with Gasteiger partial charge < -0.3 is 15.0 Å². The van der Waals surface area contributed by atoms with Crippen molar-refractivity contribution in [1.29, 1.82) is 0 Å². The number of amides is 2. The van der Waals surface area contributed by atoms with Crippen LogP contribution in [-0.2, 0) is 27.4 Å². The van der Waals surface area contributed by atoms with Gasteiger partial charge in [-0.2, -0.15) is 5.10 Å². The van der Waals surface area contributed by atoms with Crippen LogP contribution in [0.2, 0.25) is 0 Å². The van der Waals surface area contributed by atoms with E-state index in [2.05, 4.69) is 10.4 Å². The summed E-state index contributed by atoms with van der Waals surface area (Å²) in [6.07, 6.45) is 1.66. The van der Waals surface area contributed by atoms with Crippen LogP contribution in [0, 0.1) is 0 Å². The van der Waals surface area contributed by atoms with Crippen LogP contribution >= 0.6 is 11.3 Å². The van der Waals surface area contributed by atoms with Gasteiger partial charge in [0.05, 0.1) is 25.3 Å². The summed E-state index contributed by atoms with van der Waals surface area (Å²) in [7, 11) is 0. The Morgan fingerprint density at radius 1 is 1.46 bits per heavy atom. The molecule has 7 nitrogen and oxygen atoms in total. The molecule has 0 aromatic carbocycles. The number of aromatic nitrogens is 2. The molecule has 0 fully saturated rings. The molecule has 8 heteroatoms. The molecule has 0 aliphatic carbocycles. The van der Waals surface area contributed by atoms with Gasteiger partial charge in [-0.05, 0) is 24.4 Å². The van der Waals surface area contributed by atoms with Crippen molar-refractivity contribution >= 4 is 23.2 Å². The minimum absolute atomic E-state index is 0.0359. The highest BCUT2D eigenvalue weighted by Crippen LogP contribution is 2.21. The molecule has 2 aromatic rings. The number of ether oxygens (including phenoxy) is 1. The first-order valence-corrected chi connectivity index (χ1v) is 8.75. The molecule has 0 saturated heterocycles. The number of nitrogens with one attached hydrogen (secondary N) is 1. The van der Waals surface area contributed by atoms with Gasteiger partial charge >= 0.3 is 0 Å². The van der Waals surface area contributed by atoms with E-state index in [9.17, 15) is 9.59 Å². The number of rotatable bonds is 6. The van der Waals surface area contributed by atoms with Gasteiger partial charge in [-0.25, -0.2) is 0 Å². The minimum Gasteiger partial charge on any atom is -0.372 e. The summed E-state index contributed by atoms with van der Waals surface area (Å²) in [5.41, 5.74) is 0.849. The van der Waals surface area contributed by atoms with E-state index in [1.807, 2.05) is 30.5 Å². The van der Waals surface area contributed by atoms with E-state index in [4.69, 9.17) is 4.74 Å². The molecule has 3 heterocycles. The third-order valence-corrected chi connectivity index (χ3v) is 4.77. The Bertz CT molecular complexity index is 698. The number of hydrogen-bond donors (Lipinski definition) is 1. The molecule has 3 rings (SSSR count). The van der Waals surface area contributed by atoms with E-state index in [-0.39, 0.29) is 18.4 Å². The summed E-state index contributed by atoms with van der Waals surface area (Å²) in [5, 5.41) is 9.15. The zero-order valence-corrected chi connectivity index (χ0v) is 14.3. The van der Waals surface area contributed by atoms with E-state index in [0.29, 0.717) is 26.2 Å². The molecule has 2 aromatic heterocycles. The first-order valence-electron chi connectivity index (χ1n) is 7.87. The van der Waals surface area contributed by atoms with Gasteiger partial charge in [0.25, 0.3) is 0 Å². The van der Waals surface area contributed by atoms with Gasteiger partial charge in [0.1, 0.15) is 12.6 Å². The third kappa shape index (κ3) is 3.65. The number of carbonyl (C=O) groups excluding carboxylic acids is 2. The van der Waals surface area contributed by atoms with Crippen LogP contribution < -0.4 is 5.32 Å². The Hall–Kier alpha value is -2.19. The van der Waals surface area contributed by atoms with Crippen molar-refractivity contribution in [3.05, 3.63) is 40.3 Å². The molecule has 1 N–H and O–H groups in total. The predicted octanol–water partition coefficient (Wildman–Crippen LogP) is 1.18. The second-order valence-corrected chi connectivity index (χ2v) is 6.52. The van der Waals surface area contributed by atoms with E-state index in [1.54, 1.807) is 27.1 Å². The van der Waals surface area contributed by atoms with Crippen molar-refractivity contribution in [3.8, 4) is 0 Å². The zero-order chi connectivity index (χ0) is 16.9. The average molecular weight is 348 g/mol. The van der Waals surface area contributed by atoms with Crippen molar-refractivity contribution in [3.63, 3.8) is 0 Å². The van der Waals surface area contributed by atoms with Crippen molar-refractivity contribution < 1.29 is 14.3 Å². The predicted molar refractivity (Wildman–Crippen MR) is 89.3 cm³/mol.